The Kier molecular flexibility index (Phi) is 5.47. The quantitative estimate of drug-likeness (QED) is 0.723. The monoisotopic (exact) mass is 293 g/mol. The van der Waals surface area contributed by atoms with E-state index < -0.39 is 5.97 Å². The summed E-state index contributed by atoms with van der Waals surface area (Å²) in [4.78, 5) is 23.8. The zero-order valence-corrected chi connectivity index (χ0v) is 12.1. The summed E-state index contributed by atoms with van der Waals surface area (Å²) in [7, 11) is 0. The molecular formula is C15H19NO3S. The summed E-state index contributed by atoms with van der Waals surface area (Å²) in [5, 5.41) is 11.7. The number of benzene rings is 1. The lowest BCUT2D eigenvalue weighted by Crippen LogP contribution is -2.38. The van der Waals surface area contributed by atoms with Gasteiger partial charge in [0.1, 0.15) is 0 Å². The molecule has 1 fully saturated rings. The van der Waals surface area contributed by atoms with E-state index in [0.29, 0.717) is 18.1 Å². The first kappa shape index (κ1) is 14.9. The maximum Gasteiger partial charge on any atom is 0.305 e. The molecule has 0 bridgehead atoms. The lowest BCUT2D eigenvalue weighted by molar-refractivity contribution is -0.137. The van der Waals surface area contributed by atoms with Crippen LogP contribution in [0.25, 0.3) is 0 Å². The Morgan fingerprint density at radius 1 is 1.30 bits per heavy atom. The number of hydrogen-bond donors (Lipinski definition) is 2. The molecule has 1 unspecified atom stereocenters. The van der Waals surface area contributed by atoms with E-state index >= 15 is 0 Å². The molecule has 0 spiro atoms. The van der Waals surface area contributed by atoms with Gasteiger partial charge in [-0.15, -0.1) is 11.8 Å². The van der Waals surface area contributed by atoms with Gasteiger partial charge in [-0.05, 0) is 30.9 Å². The molecule has 1 aliphatic rings. The van der Waals surface area contributed by atoms with Crippen molar-refractivity contribution in [2.45, 2.75) is 36.6 Å². The Labute approximate surface area is 123 Å². The van der Waals surface area contributed by atoms with Crippen LogP contribution in [0.2, 0.25) is 0 Å². The van der Waals surface area contributed by atoms with Crippen molar-refractivity contribution in [2.24, 2.45) is 5.92 Å². The molecule has 0 radical (unpaired) electrons. The highest BCUT2D eigenvalue weighted by atomic mass is 32.2. The van der Waals surface area contributed by atoms with Gasteiger partial charge in [-0.1, -0.05) is 18.2 Å². The standard InChI is InChI=1S/C15H19NO3S/c17-14(8-9-20-12-4-2-1-3-5-12)16-13(10-15(18)19)11-6-7-11/h1-5,11,13H,6-10H2,(H,16,17)(H,18,19). The van der Waals surface area contributed by atoms with Gasteiger partial charge < -0.3 is 10.4 Å². The van der Waals surface area contributed by atoms with Gasteiger partial charge in [0, 0.05) is 23.1 Å². The minimum Gasteiger partial charge on any atom is -0.481 e. The van der Waals surface area contributed by atoms with E-state index in [4.69, 9.17) is 5.11 Å². The van der Waals surface area contributed by atoms with Crippen LogP contribution in [0.4, 0.5) is 0 Å². The number of nitrogens with one attached hydrogen (secondary N) is 1. The van der Waals surface area contributed by atoms with E-state index in [0.717, 1.165) is 17.7 Å². The second-order valence-corrected chi connectivity index (χ2v) is 6.19. The molecule has 1 aromatic carbocycles. The first-order valence-electron chi connectivity index (χ1n) is 6.84. The Balaban J connectivity index is 1.70. The highest BCUT2D eigenvalue weighted by Gasteiger charge is 2.33. The third kappa shape index (κ3) is 5.25. The lowest BCUT2D eigenvalue weighted by Gasteiger charge is -2.16. The number of carboxylic acids is 1. The molecule has 1 atom stereocenters. The van der Waals surface area contributed by atoms with Crippen molar-refractivity contribution in [1.29, 1.82) is 0 Å². The molecule has 1 aliphatic carbocycles. The summed E-state index contributed by atoms with van der Waals surface area (Å²) < 4.78 is 0. The summed E-state index contributed by atoms with van der Waals surface area (Å²) in [6.07, 6.45) is 2.50. The van der Waals surface area contributed by atoms with E-state index in [2.05, 4.69) is 5.32 Å². The van der Waals surface area contributed by atoms with Crippen molar-refractivity contribution in [3.63, 3.8) is 0 Å². The van der Waals surface area contributed by atoms with Crippen LogP contribution >= 0.6 is 11.8 Å². The summed E-state index contributed by atoms with van der Waals surface area (Å²) in [5.74, 6) is 0.171. The predicted octanol–water partition coefficient (Wildman–Crippen LogP) is 2.54. The van der Waals surface area contributed by atoms with Crippen LogP contribution in [-0.2, 0) is 9.59 Å². The third-order valence-electron chi connectivity index (χ3n) is 3.27. The number of rotatable bonds is 8. The number of aliphatic carboxylic acids is 1. The Morgan fingerprint density at radius 3 is 2.60 bits per heavy atom. The second kappa shape index (κ2) is 7.33. The van der Waals surface area contributed by atoms with Gasteiger partial charge in [0.15, 0.2) is 0 Å². The van der Waals surface area contributed by atoms with Crippen LogP contribution in [0.3, 0.4) is 0 Å². The van der Waals surface area contributed by atoms with Crippen molar-refractivity contribution < 1.29 is 14.7 Å². The lowest BCUT2D eigenvalue weighted by atomic mass is 10.1. The van der Waals surface area contributed by atoms with Crippen molar-refractivity contribution in [3.05, 3.63) is 30.3 Å². The van der Waals surface area contributed by atoms with Gasteiger partial charge >= 0.3 is 5.97 Å². The van der Waals surface area contributed by atoms with Gasteiger partial charge in [-0.25, -0.2) is 0 Å². The van der Waals surface area contributed by atoms with Crippen LogP contribution in [0.1, 0.15) is 25.7 Å². The van der Waals surface area contributed by atoms with Gasteiger partial charge in [0.2, 0.25) is 5.91 Å². The molecule has 20 heavy (non-hydrogen) atoms. The van der Waals surface area contributed by atoms with E-state index in [-0.39, 0.29) is 18.4 Å². The largest absolute Gasteiger partial charge is 0.481 e. The molecule has 2 N–H and O–H groups in total. The molecule has 0 aromatic heterocycles. The number of carboxylic acid groups (broad SMARTS) is 1. The fraction of sp³-hybridized carbons (Fsp3) is 0.467. The molecule has 0 heterocycles. The molecule has 5 heteroatoms. The summed E-state index contributed by atoms with van der Waals surface area (Å²) >= 11 is 1.64. The average Bonchev–Trinajstić information content (AvgIpc) is 3.23. The van der Waals surface area contributed by atoms with Crippen molar-refractivity contribution in [2.75, 3.05) is 5.75 Å². The van der Waals surface area contributed by atoms with Crippen LogP contribution in [0.5, 0.6) is 0 Å². The average molecular weight is 293 g/mol. The van der Waals surface area contributed by atoms with Crippen molar-refractivity contribution >= 4 is 23.6 Å². The number of amides is 1. The first-order valence-corrected chi connectivity index (χ1v) is 7.82. The van der Waals surface area contributed by atoms with Crippen molar-refractivity contribution in [1.82, 2.24) is 5.32 Å². The molecule has 0 saturated heterocycles. The van der Waals surface area contributed by atoms with Crippen LogP contribution in [0.15, 0.2) is 35.2 Å². The SMILES string of the molecule is O=C(O)CC(NC(=O)CCSc1ccccc1)C1CC1. The van der Waals surface area contributed by atoms with Crippen LogP contribution in [-0.4, -0.2) is 28.8 Å². The number of thioether (sulfide) groups is 1. The van der Waals surface area contributed by atoms with Gasteiger partial charge in [-0.3, -0.25) is 9.59 Å². The number of carbonyl (C=O) groups is 2. The maximum atomic E-state index is 11.8. The smallest absolute Gasteiger partial charge is 0.305 e. The molecule has 1 aromatic rings. The first-order chi connectivity index (χ1) is 9.65. The molecule has 4 nitrogen and oxygen atoms in total. The van der Waals surface area contributed by atoms with Gasteiger partial charge in [0.05, 0.1) is 6.42 Å². The van der Waals surface area contributed by atoms with Gasteiger partial charge in [-0.2, -0.15) is 0 Å². The highest BCUT2D eigenvalue weighted by Crippen LogP contribution is 2.34. The Bertz CT molecular complexity index is 459. The molecule has 1 saturated carbocycles. The topological polar surface area (TPSA) is 66.4 Å². The summed E-state index contributed by atoms with van der Waals surface area (Å²) in [6.45, 7) is 0. The fourth-order valence-corrected chi connectivity index (χ4v) is 2.95. The predicted molar refractivity (Wildman–Crippen MR) is 78.7 cm³/mol. The second-order valence-electron chi connectivity index (χ2n) is 5.02. The summed E-state index contributed by atoms with van der Waals surface area (Å²) in [5.41, 5.74) is 0. The molecule has 1 amide bonds. The highest BCUT2D eigenvalue weighted by molar-refractivity contribution is 7.99. The zero-order chi connectivity index (χ0) is 14.4. The molecule has 0 aliphatic heterocycles. The van der Waals surface area contributed by atoms with E-state index in [9.17, 15) is 9.59 Å². The molecule has 2 rings (SSSR count). The van der Waals surface area contributed by atoms with Crippen LogP contribution < -0.4 is 5.32 Å². The van der Waals surface area contributed by atoms with Gasteiger partial charge in [0.25, 0.3) is 0 Å². The Morgan fingerprint density at radius 2 is 2.00 bits per heavy atom. The van der Waals surface area contributed by atoms with E-state index in [1.807, 2.05) is 30.3 Å². The van der Waals surface area contributed by atoms with Crippen molar-refractivity contribution in [3.8, 4) is 0 Å². The Hall–Kier alpha value is -1.49. The molecular weight excluding hydrogens is 274 g/mol. The van der Waals surface area contributed by atoms with E-state index in [1.165, 1.54) is 0 Å². The minimum absolute atomic E-state index is 0.0300. The van der Waals surface area contributed by atoms with Crippen LogP contribution in [0, 0.1) is 5.92 Å². The fourth-order valence-electron chi connectivity index (χ4n) is 2.08. The van der Waals surface area contributed by atoms with E-state index in [1.54, 1.807) is 11.8 Å². The number of carbonyl (C=O) groups excluding carboxylic acids is 1. The zero-order valence-electron chi connectivity index (χ0n) is 11.2. The summed E-state index contributed by atoms with van der Waals surface area (Å²) in [6, 6.07) is 9.74. The normalized spacial score (nSPS) is 15.6. The molecule has 108 valence electrons. The minimum atomic E-state index is -0.846. The maximum absolute atomic E-state index is 11.8. The third-order valence-corrected chi connectivity index (χ3v) is 4.29. The number of hydrogen-bond acceptors (Lipinski definition) is 3.